The van der Waals surface area contributed by atoms with Crippen molar-refractivity contribution in [1.82, 2.24) is 19.8 Å². The number of carbonyl (C=O) groups excluding carboxylic acids is 1. The van der Waals surface area contributed by atoms with E-state index in [1.165, 1.54) is 12.3 Å². The van der Waals surface area contributed by atoms with Gasteiger partial charge in [-0.1, -0.05) is 23.8 Å². The Balaban J connectivity index is 1.58. The second kappa shape index (κ2) is 8.32. The normalized spacial score (nSPS) is 14.4. The Kier molecular flexibility index (Phi) is 5.72. The molecule has 0 bridgehead atoms. The number of sulfonamides is 1. The molecule has 0 unspecified atom stereocenters. The molecule has 164 valence electrons. The Labute approximate surface area is 181 Å². The van der Waals surface area contributed by atoms with Crippen LogP contribution >= 0.6 is 0 Å². The predicted octanol–water partition coefficient (Wildman–Crippen LogP) is 3.31. The van der Waals surface area contributed by atoms with Gasteiger partial charge >= 0.3 is 0 Å². The third-order valence-electron chi connectivity index (χ3n) is 5.63. The van der Waals surface area contributed by atoms with E-state index in [4.69, 9.17) is 4.42 Å². The number of H-pyrrole nitrogens is 1. The van der Waals surface area contributed by atoms with Crippen LogP contribution in [0.4, 0.5) is 0 Å². The number of rotatable bonds is 6. The van der Waals surface area contributed by atoms with Crippen molar-refractivity contribution < 1.29 is 17.6 Å². The van der Waals surface area contributed by atoms with Gasteiger partial charge in [0.05, 0.1) is 11.8 Å². The fraction of sp³-hybridized carbons (Fsp3) is 0.364. The summed E-state index contributed by atoms with van der Waals surface area (Å²) in [5.41, 5.74) is 3.76. The summed E-state index contributed by atoms with van der Waals surface area (Å²) >= 11 is 0. The predicted molar refractivity (Wildman–Crippen MR) is 116 cm³/mol. The van der Waals surface area contributed by atoms with Crippen LogP contribution in [0.5, 0.6) is 0 Å². The Morgan fingerprint density at radius 1 is 1.19 bits per heavy atom. The first kappa shape index (κ1) is 21.3. The molecule has 2 aromatic heterocycles. The number of hydrogen-bond donors (Lipinski definition) is 2. The molecule has 9 heteroatoms. The molecule has 0 atom stereocenters. The fourth-order valence-electron chi connectivity index (χ4n) is 3.82. The number of aryl methyl sites for hydroxylation is 3. The van der Waals surface area contributed by atoms with E-state index in [1.54, 1.807) is 11.8 Å². The summed E-state index contributed by atoms with van der Waals surface area (Å²) in [6.07, 6.45) is 3.42. The highest BCUT2D eigenvalue weighted by Gasteiger charge is 2.28. The molecule has 8 nitrogen and oxygen atoms in total. The monoisotopic (exact) mass is 442 g/mol. The minimum atomic E-state index is -3.81. The Morgan fingerprint density at radius 2 is 1.94 bits per heavy atom. The molecule has 1 amide bonds. The van der Waals surface area contributed by atoms with Crippen LogP contribution in [0, 0.1) is 20.8 Å². The van der Waals surface area contributed by atoms with Gasteiger partial charge in [-0.05, 0) is 44.7 Å². The Bertz CT molecular complexity index is 1220. The molecule has 1 fully saturated rings. The summed E-state index contributed by atoms with van der Waals surface area (Å²) in [5.74, 6) is 0.384. The first-order chi connectivity index (χ1) is 14.8. The maximum atomic E-state index is 13.0. The minimum Gasteiger partial charge on any atom is -0.458 e. The number of furan rings is 1. The van der Waals surface area contributed by atoms with Crippen molar-refractivity contribution in [3.05, 3.63) is 58.5 Å². The molecule has 1 aromatic carbocycles. The summed E-state index contributed by atoms with van der Waals surface area (Å²) < 4.78 is 34.3. The zero-order valence-electron chi connectivity index (χ0n) is 17.9. The van der Waals surface area contributed by atoms with Gasteiger partial charge in [-0.3, -0.25) is 9.89 Å². The van der Waals surface area contributed by atoms with E-state index in [1.807, 2.05) is 32.0 Å². The van der Waals surface area contributed by atoms with Gasteiger partial charge in [0, 0.05) is 25.7 Å². The highest BCUT2D eigenvalue weighted by atomic mass is 32.2. The maximum Gasteiger partial charge on any atom is 0.257 e. The summed E-state index contributed by atoms with van der Waals surface area (Å²) in [4.78, 5) is 14.6. The largest absolute Gasteiger partial charge is 0.458 e. The van der Waals surface area contributed by atoms with Crippen LogP contribution in [0.2, 0.25) is 0 Å². The number of amides is 1. The van der Waals surface area contributed by atoms with Crippen molar-refractivity contribution in [1.29, 1.82) is 0 Å². The van der Waals surface area contributed by atoms with Crippen LogP contribution in [0.25, 0.3) is 11.5 Å². The number of aromatic nitrogens is 2. The second-order valence-electron chi connectivity index (χ2n) is 7.94. The molecule has 31 heavy (non-hydrogen) atoms. The molecular formula is C22H26N4O4S. The lowest BCUT2D eigenvalue weighted by Gasteiger charge is -2.14. The lowest BCUT2D eigenvalue weighted by atomic mass is 10.1. The summed E-state index contributed by atoms with van der Waals surface area (Å²) in [7, 11) is -3.81. The van der Waals surface area contributed by atoms with E-state index >= 15 is 0 Å². The average Bonchev–Trinajstić information content (AvgIpc) is 3.48. The molecule has 3 heterocycles. The van der Waals surface area contributed by atoms with Gasteiger partial charge in [0.25, 0.3) is 5.91 Å². The van der Waals surface area contributed by atoms with E-state index < -0.39 is 10.0 Å². The quantitative estimate of drug-likeness (QED) is 0.609. The molecule has 4 rings (SSSR count). The summed E-state index contributed by atoms with van der Waals surface area (Å²) in [6.45, 7) is 7.11. The van der Waals surface area contributed by atoms with Gasteiger partial charge in [0.15, 0.2) is 5.76 Å². The third-order valence-corrected chi connectivity index (χ3v) is 7.14. The van der Waals surface area contributed by atoms with Crippen LogP contribution < -0.4 is 4.72 Å². The number of nitrogens with one attached hydrogen (secondary N) is 2. The number of aromatic amines is 1. The van der Waals surface area contributed by atoms with Gasteiger partial charge in [-0.25, -0.2) is 13.1 Å². The van der Waals surface area contributed by atoms with E-state index in [9.17, 15) is 13.2 Å². The Morgan fingerprint density at radius 3 is 2.68 bits per heavy atom. The van der Waals surface area contributed by atoms with Gasteiger partial charge in [0.2, 0.25) is 10.0 Å². The minimum absolute atomic E-state index is 0.0435. The van der Waals surface area contributed by atoms with Gasteiger partial charge in [-0.2, -0.15) is 5.10 Å². The topological polar surface area (TPSA) is 108 Å². The first-order valence-corrected chi connectivity index (χ1v) is 11.7. The van der Waals surface area contributed by atoms with E-state index in [0.29, 0.717) is 24.3 Å². The molecule has 2 N–H and O–H groups in total. The average molecular weight is 443 g/mol. The molecule has 0 radical (unpaired) electrons. The van der Waals surface area contributed by atoms with Crippen LogP contribution in [0.1, 0.15) is 45.7 Å². The molecule has 0 saturated carbocycles. The highest BCUT2D eigenvalue weighted by molar-refractivity contribution is 7.89. The molecule has 0 aliphatic carbocycles. The lowest BCUT2D eigenvalue weighted by molar-refractivity contribution is 0.0793. The molecule has 1 aliphatic rings. The van der Waals surface area contributed by atoms with Crippen LogP contribution in [0.15, 0.2) is 39.8 Å². The molecule has 3 aromatic rings. The van der Waals surface area contributed by atoms with Crippen molar-refractivity contribution in [2.75, 3.05) is 13.1 Å². The number of benzene rings is 1. The zero-order chi connectivity index (χ0) is 22.2. The molecule has 1 saturated heterocycles. The standard InChI is InChI=1S/C22H26N4O4S/c1-14-6-7-15(2)17(10-14)12-24-31(28,29)20-11-19(30-16(20)3)21-18(13-23-25-21)22(27)26-8-4-5-9-26/h6-7,10-11,13,24H,4-5,8-9,12H2,1-3H3,(H,23,25). The Hall–Kier alpha value is -2.91. The van der Waals surface area contributed by atoms with Gasteiger partial charge < -0.3 is 9.32 Å². The third kappa shape index (κ3) is 4.28. The second-order valence-corrected chi connectivity index (χ2v) is 9.68. The zero-order valence-corrected chi connectivity index (χ0v) is 18.7. The van der Waals surface area contributed by atoms with Crippen molar-refractivity contribution in [2.45, 2.75) is 45.1 Å². The molecule has 1 aliphatic heterocycles. The first-order valence-electron chi connectivity index (χ1n) is 10.3. The maximum absolute atomic E-state index is 13.0. The number of carbonyl (C=O) groups is 1. The highest BCUT2D eigenvalue weighted by Crippen LogP contribution is 2.30. The van der Waals surface area contributed by atoms with Crippen molar-refractivity contribution in [3.8, 4) is 11.5 Å². The van der Waals surface area contributed by atoms with Crippen LogP contribution in [-0.4, -0.2) is 42.5 Å². The van der Waals surface area contributed by atoms with E-state index in [-0.39, 0.29) is 28.9 Å². The molecule has 0 spiro atoms. The number of hydrogen-bond acceptors (Lipinski definition) is 5. The SMILES string of the molecule is Cc1ccc(C)c(CNS(=O)(=O)c2cc(-c3[nH]ncc3C(=O)N3CCCC3)oc2C)c1. The van der Waals surface area contributed by atoms with Gasteiger partial charge in [-0.15, -0.1) is 0 Å². The van der Waals surface area contributed by atoms with E-state index in [2.05, 4.69) is 14.9 Å². The van der Waals surface area contributed by atoms with Crippen molar-refractivity contribution in [3.63, 3.8) is 0 Å². The smallest absolute Gasteiger partial charge is 0.257 e. The number of likely N-dealkylation sites (tertiary alicyclic amines) is 1. The van der Waals surface area contributed by atoms with E-state index in [0.717, 1.165) is 29.5 Å². The van der Waals surface area contributed by atoms with Gasteiger partial charge in [0.1, 0.15) is 16.3 Å². The van der Waals surface area contributed by atoms with Crippen LogP contribution in [-0.2, 0) is 16.6 Å². The van der Waals surface area contributed by atoms with Crippen molar-refractivity contribution in [2.24, 2.45) is 0 Å². The summed E-state index contributed by atoms with van der Waals surface area (Å²) in [5, 5.41) is 6.77. The van der Waals surface area contributed by atoms with Crippen LogP contribution in [0.3, 0.4) is 0 Å². The molecular weight excluding hydrogens is 416 g/mol. The lowest BCUT2D eigenvalue weighted by Crippen LogP contribution is -2.27. The fourth-order valence-corrected chi connectivity index (χ4v) is 5.01. The number of nitrogens with zero attached hydrogens (tertiary/aromatic N) is 2. The summed E-state index contributed by atoms with van der Waals surface area (Å²) in [6, 6.07) is 7.37. The van der Waals surface area contributed by atoms with Crippen molar-refractivity contribution >= 4 is 15.9 Å².